The molecular weight excluding hydrogens is 605 g/mol. The minimum absolute atomic E-state index is 0.185. The Balaban J connectivity index is 1.50. The van der Waals surface area contributed by atoms with Crippen LogP contribution < -0.4 is 31.1 Å². The Morgan fingerprint density at radius 3 is 0.766 bits per heavy atom. The van der Waals surface area contributed by atoms with E-state index in [0.29, 0.717) is 13.2 Å². The SMILES string of the molecule is O=C1C([Si](c2ccccc2)(c2ccccc2)c2ccccc2)=C2COCC2=C1[Si](c1ccccc1)(c1ccccc1)c1ccccc1. The number of carbonyl (C=O) groups is 1. The number of hydrogen-bond acceptors (Lipinski definition) is 2. The number of Topliss-reactive ketones (excluding diaryl/α,β-unsaturated/α-hetero) is 1. The molecule has 0 aromatic heterocycles. The van der Waals surface area contributed by atoms with E-state index in [9.17, 15) is 0 Å². The standard InChI is InChI=1S/C43H34O2Si2/c44-41-42(46(33-19-7-1-8-20-33,34-21-9-2-10-22-34)35-23-11-3-12-24-35)39-31-45-32-40(39)43(41)47(36-25-13-4-14-26-36,37-27-15-5-16-28-37)38-29-17-6-18-30-38/h1-30H,31-32H2. The number of ether oxygens (including phenoxy) is 1. The van der Waals surface area contributed by atoms with Gasteiger partial charge in [0.2, 0.25) is 0 Å². The molecule has 6 aromatic rings. The van der Waals surface area contributed by atoms with Crippen molar-refractivity contribution < 1.29 is 9.53 Å². The second-order valence-electron chi connectivity index (χ2n) is 12.2. The van der Waals surface area contributed by atoms with Crippen LogP contribution in [0.4, 0.5) is 0 Å². The minimum Gasteiger partial charge on any atom is -0.372 e. The monoisotopic (exact) mass is 638 g/mol. The van der Waals surface area contributed by atoms with Crippen molar-refractivity contribution in [3.05, 3.63) is 204 Å². The predicted octanol–water partition coefficient (Wildman–Crippen LogP) is 4.61. The van der Waals surface area contributed by atoms with Crippen LogP contribution in [0.15, 0.2) is 204 Å². The van der Waals surface area contributed by atoms with E-state index in [1.165, 1.54) is 31.1 Å². The Morgan fingerprint density at radius 1 is 0.340 bits per heavy atom. The van der Waals surface area contributed by atoms with E-state index in [-0.39, 0.29) is 5.78 Å². The maximum Gasteiger partial charge on any atom is 0.184 e. The van der Waals surface area contributed by atoms with Crippen molar-refractivity contribution in [1.82, 2.24) is 0 Å². The Bertz CT molecular complexity index is 1750. The van der Waals surface area contributed by atoms with Gasteiger partial charge in [-0.15, -0.1) is 0 Å². The van der Waals surface area contributed by atoms with Crippen LogP contribution in [-0.2, 0) is 9.53 Å². The van der Waals surface area contributed by atoms with Crippen LogP contribution in [0.5, 0.6) is 0 Å². The van der Waals surface area contributed by atoms with Gasteiger partial charge in [-0.3, -0.25) is 4.79 Å². The Kier molecular flexibility index (Phi) is 7.62. The van der Waals surface area contributed by atoms with Gasteiger partial charge in [0.25, 0.3) is 0 Å². The van der Waals surface area contributed by atoms with Crippen molar-refractivity contribution in [2.24, 2.45) is 0 Å². The van der Waals surface area contributed by atoms with E-state index in [0.717, 1.165) is 21.5 Å². The normalized spacial score (nSPS) is 14.9. The summed E-state index contributed by atoms with van der Waals surface area (Å²) < 4.78 is 6.40. The van der Waals surface area contributed by atoms with Crippen LogP contribution >= 0.6 is 0 Å². The molecule has 0 spiro atoms. The molecule has 0 radical (unpaired) electrons. The number of rotatable bonds is 8. The summed E-state index contributed by atoms with van der Waals surface area (Å²) in [5.74, 6) is 0.185. The molecule has 2 nitrogen and oxygen atoms in total. The van der Waals surface area contributed by atoms with Gasteiger partial charge < -0.3 is 4.74 Å². The van der Waals surface area contributed by atoms with Gasteiger partial charge in [0, 0.05) is 10.4 Å². The lowest BCUT2D eigenvalue weighted by molar-refractivity contribution is -0.111. The number of ketones is 1. The van der Waals surface area contributed by atoms with Crippen molar-refractivity contribution in [3.63, 3.8) is 0 Å². The molecule has 1 fully saturated rings. The lowest BCUT2D eigenvalue weighted by Crippen LogP contribution is -2.72. The second-order valence-corrected chi connectivity index (χ2v) is 19.7. The summed E-state index contributed by atoms with van der Waals surface area (Å²) in [4.78, 5) is 16.2. The maximum atomic E-state index is 16.2. The van der Waals surface area contributed by atoms with Crippen LogP contribution in [0.3, 0.4) is 0 Å². The van der Waals surface area contributed by atoms with Crippen molar-refractivity contribution in [3.8, 4) is 0 Å². The highest BCUT2D eigenvalue weighted by Crippen LogP contribution is 2.42. The Labute approximate surface area is 278 Å². The summed E-state index contributed by atoms with van der Waals surface area (Å²) in [5, 5.41) is 9.10. The zero-order valence-electron chi connectivity index (χ0n) is 26.1. The van der Waals surface area contributed by atoms with E-state index in [4.69, 9.17) is 4.74 Å². The van der Waals surface area contributed by atoms with Gasteiger partial charge in [-0.1, -0.05) is 182 Å². The highest BCUT2D eigenvalue weighted by Gasteiger charge is 2.57. The number of fused-ring (bicyclic) bond motifs is 1. The summed E-state index contributed by atoms with van der Waals surface area (Å²) in [5.41, 5.74) is 2.18. The maximum absolute atomic E-state index is 16.2. The molecule has 1 aliphatic heterocycles. The molecule has 4 heteroatoms. The number of carbonyl (C=O) groups excluding carboxylic acids is 1. The van der Waals surface area contributed by atoms with Crippen LogP contribution in [0.1, 0.15) is 0 Å². The van der Waals surface area contributed by atoms with Crippen LogP contribution in [0, 0.1) is 0 Å². The van der Waals surface area contributed by atoms with Gasteiger partial charge in [-0.2, -0.15) is 0 Å². The molecule has 47 heavy (non-hydrogen) atoms. The van der Waals surface area contributed by atoms with Crippen LogP contribution in [0.25, 0.3) is 0 Å². The summed E-state index contributed by atoms with van der Waals surface area (Å²) in [6.45, 7) is 0.869. The molecule has 0 amide bonds. The van der Waals surface area contributed by atoms with E-state index in [1.807, 2.05) is 0 Å². The first kappa shape index (κ1) is 29.3. The molecule has 0 bridgehead atoms. The molecular formula is C43H34O2Si2. The minimum atomic E-state index is -3.13. The molecule has 1 saturated heterocycles. The quantitative estimate of drug-likeness (QED) is 0.180. The molecule has 0 N–H and O–H groups in total. The predicted molar refractivity (Wildman–Crippen MR) is 198 cm³/mol. The van der Waals surface area contributed by atoms with Crippen molar-refractivity contribution >= 4 is 53.1 Å². The van der Waals surface area contributed by atoms with E-state index in [2.05, 4.69) is 182 Å². The Morgan fingerprint density at radius 2 is 0.553 bits per heavy atom. The molecule has 1 aliphatic carbocycles. The zero-order valence-corrected chi connectivity index (χ0v) is 28.1. The van der Waals surface area contributed by atoms with E-state index >= 15 is 4.79 Å². The van der Waals surface area contributed by atoms with Crippen molar-refractivity contribution in [1.29, 1.82) is 0 Å². The van der Waals surface area contributed by atoms with Gasteiger partial charge in [-0.25, -0.2) is 0 Å². The van der Waals surface area contributed by atoms with Gasteiger partial charge >= 0.3 is 0 Å². The van der Waals surface area contributed by atoms with E-state index < -0.39 is 16.1 Å². The molecule has 2 aliphatic rings. The fourth-order valence-corrected chi connectivity index (χ4v) is 18.4. The molecule has 0 unspecified atom stereocenters. The number of benzene rings is 6. The third-order valence-corrected chi connectivity index (χ3v) is 19.7. The van der Waals surface area contributed by atoms with Gasteiger partial charge in [0.05, 0.1) is 13.2 Å². The Hall–Kier alpha value is -5.14. The van der Waals surface area contributed by atoms with Crippen molar-refractivity contribution in [2.75, 3.05) is 13.2 Å². The molecule has 1 heterocycles. The average Bonchev–Trinajstić information content (AvgIpc) is 3.73. The lowest BCUT2D eigenvalue weighted by atomic mass is 10.2. The number of allylic oxidation sites excluding steroid dienone is 2. The van der Waals surface area contributed by atoms with Gasteiger partial charge in [0.15, 0.2) is 21.9 Å². The van der Waals surface area contributed by atoms with Gasteiger partial charge in [0.1, 0.15) is 0 Å². The first-order valence-electron chi connectivity index (χ1n) is 16.2. The lowest BCUT2D eigenvalue weighted by Gasteiger charge is -2.38. The summed E-state index contributed by atoms with van der Waals surface area (Å²) >= 11 is 0. The molecule has 6 aromatic carbocycles. The largest absolute Gasteiger partial charge is 0.372 e. The highest BCUT2D eigenvalue weighted by molar-refractivity contribution is 7.22. The molecule has 226 valence electrons. The topological polar surface area (TPSA) is 26.3 Å². The molecule has 0 atom stereocenters. The van der Waals surface area contributed by atoms with Gasteiger partial charge in [-0.05, 0) is 42.3 Å². The second kappa shape index (κ2) is 12.2. The first-order chi connectivity index (χ1) is 23.3. The molecule has 8 rings (SSSR count). The third kappa shape index (κ3) is 4.52. The third-order valence-electron chi connectivity index (χ3n) is 9.91. The average molecular weight is 639 g/mol. The van der Waals surface area contributed by atoms with Crippen molar-refractivity contribution in [2.45, 2.75) is 0 Å². The molecule has 0 saturated carbocycles. The fraction of sp³-hybridized carbons (Fsp3) is 0.0465. The smallest absolute Gasteiger partial charge is 0.184 e. The fourth-order valence-electron chi connectivity index (χ4n) is 8.06. The van der Waals surface area contributed by atoms with Crippen LogP contribution in [-0.4, -0.2) is 35.1 Å². The summed E-state index contributed by atoms with van der Waals surface area (Å²) in [7, 11) is -6.26. The van der Waals surface area contributed by atoms with Crippen LogP contribution in [0.2, 0.25) is 0 Å². The number of hydrogen-bond donors (Lipinski definition) is 0. The summed E-state index contributed by atoms with van der Waals surface area (Å²) in [6, 6.07) is 64.6. The first-order valence-corrected chi connectivity index (χ1v) is 20.2. The highest BCUT2D eigenvalue weighted by atomic mass is 28.3. The summed E-state index contributed by atoms with van der Waals surface area (Å²) in [6.07, 6.45) is 0. The van der Waals surface area contributed by atoms with E-state index in [1.54, 1.807) is 0 Å². The zero-order chi connectivity index (χ0) is 31.7.